The first-order valence-electron chi connectivity index (χ1n) is 6.26. The van der Waals surface area contributed by atoms with Crippen LogP contribution in [0.3, 0.4) is 0 Å². The van der Waals surface area contributed by atoms with Crippen molar-refractivity contribution in [2.24, 2.45) is 11.3 Å². The molecule has 2 rings (SSSR count). The summed E-state index contributed by atoms with van der Waals surface area (Å²) in [6, 6.07) is 0. The topological polar surface area (TPSA) is 38.8 Å². The summed E-state index contributed by atoms with van der Waals surface area (Å²) in [7, 11) is 0. The molecule has 1 heterocycles. The molecule has 1 saturated heterocycles. The number of carbonyl (C=O) groups excluding carboxylic acids is 1. The van der Waals surface area contributed by atoms with Crippen molar-refractivity contribution in [2.45, 2.75) is 58.7 Å². The molecular weight excluding hydrogens is 204 g/mol. The molecule has 0 N–H and O–H groups in total. The fourth-order valence-electron chi connectivity index (χ4n) is 3.10. The molecule has 1 aliphatic carbocycles. The smallest absolute Gasteiger partial charge is 0.338 e. The highest BCUT2D eigenvalue weighted by Crippen LogP contribution is 2.56. The minimum absolute atomic E-state index is 0.172. The summed E-state index contributed by atoms with van der Waals surface area (Å²) >= 11 is 0. The van der Waals surface area contributed by atoms with Gasteiger partial charge in [-0.3, -0.25) is 0 Å². The predicted octanol–water partition coefficient (Wildman–Crippen LogP) is 2.53. The fourth-order valence-corrected chi connectivity index (χ4v) is 3.10. The number of ether oxygens (including phenoxy) is 2. The maximum atomic E-state index is 11.6. The van der Waals surface area contributed by atoms with Crippen LogP contribution < -0.4 is 0 Å². The van der Waals surface area contributed by atoms with Gasteiger partial charge in [-0.25, -0.2) is 4.79 Å². The van der Waals surface area contributed by atoms with Crippen LogP contribution in [0.2, 0.25) is 0 Å². The van der Waals surface area contributed by atoms with Crippen molar-refractivity contribution >= 4 is 5.97 Å². The Morgan fingerprint density at radius 3 is 2.69 bits per heavy atom. The van der Waals surface area contributed by atoms with Crippen LogP contribution >= 0.6 is 0 Å². The second kappa shape index (κ2) is 3.73. The van der Waals surface area contributed by atoms with Gasteiger partial charge in [0, 0.05) is 0 Å². The van der Waals surface area contributed by atoms with Crippen LogP contribution in [0.25, 0.3) is 0 Å². The van der Waals surface area contributed by atoms with E-state index in [0.29, 0.717) is 17.9 Å². The van der Waals surface area contributed by atoms with Crippen molar-refractivity contribution in [3.05, 3.63) is 0 Å². The maximum Gasteiger partial charge on any atom is 0.338 e. The minimum Gasteiger partial charge on any atom is -0.464 e. The number of rotatable bonds is 2. The van der Waals surface area contributed by atoms with E-state index in [-0.39, 0.29) is 17.7 Å². The molecule has 0 amide bonds. The quantitative estimate of drug-likeness (QED) is 0.536. The number of epoxide rings is 1. The molecule has 0 aromatic rings. The van der Waals surface area contributed by atoms with Crippen LogP contribution in [-0.2, 0) is 14.3 Å². The molecule has 2 fully saturated rings. The van der Waals surface area contributed by atoms with E-state index >= 15 is 0 Å². The van der Waals surface area contributed by atoms with Crippen molar-refractivity contribution in [3.63, 3.8) is 0 Å². The summed E-state index contributed by atoms with van der Waals surface area (Å²) in [5.41, 5.74) is 0.192. The zero-order valence-electron chi connectivity index (χ0n) is 10.7. The van der Waals surface area contributed by atoms with Crippen molar-refractivity contribution in [1.82, 2.24) is 0 Å². The Kier molecular flexibility index (Phi) is 2.77. The summed E-state index contributed by atoms with van der Waals surface area (Å²) in [6.45, 7) is 9.05. The van der Waals surface area contributed by atoms with Crippen LogP contribution in [-0.4, -0.2) is 24.3 Å². The van der Waals surface area contributed by atoms with Crippen LogP contribution in [0.1, 0.15) is 47.0 Å². The summed E-state index contributed by atoms with van der Waals surface area (Å²) in [5, 5.41) is 0. The molecule has 0 radical (unpaired) electrons. The lowest BCUT2D eigenvalue weighted by Crippen LogP contribution is -2.38. The SMILES string of the molecule is CCOC(=O)C1OC12CCC(C)(C)CC2C. The maximum absolute atomic E-state index is 11.6. The summed E-state index contributed by atoms with van der Waals surface area (Å²) in [4.78, 5) is 11.6. The van der Waals surface area contributed by atoms with Gasteiger partial charge in [0.05, 0.1) is 6.61 Å². The second-order valence-corrected chi connectivity index (χ2v) is 5.97. The van der Waals surface area contributed by atoms with Gasteiger partial charge in [-0.15, -0.1) is 0 Å². The average Bonchev–Trinajstić information content (AvgIpc) is 2.89. The Morgan fingerprint density at radius 2 is 2.12 bits per heavy atom. The minimum atomic E-state index is -0.293. The van der Waals surface area contributed by atoms with Gasteiger partial charge in [-0.1, -0.05) is 20.8 Å². The Morgan fingerprint density at radius 1 is 1.44 bits per heavy atom. The lowest BCUT2D eigenvalue weighted by Gasteiger charge is -2.38. The number of hydrogen-bond acceptors (Lipinski definition) is 3. The van der Waals surface area contributed by atoms with E-state index in [2.05, 4.69) is 20.8 Å². The van der Waals surface area contributed by atoms with Gasteiger partial charge in [0.15, 0.2) is 6.10 Å². The number of hydrogen-bond donors (Lipinski definition) is 0. The second-order valence-electron chi connectivity index (χ2n) is 5.97. The van der Waals surface area contributed by atoms with E-state index in [9.17, 15) is 4.79 Å². The third-order valence-corrected chi connectivity index (χ3v) is 4.11. The van der Waals surface area contributed by atoms with Gasteiger partial charge in [0.1, 0.15) is 5.60 Å². The van der Waals surface area contributed by atoms with E-state index in [1.807, 2.05) is 6.92 Å². The highest BCUT2D eigenvalue weighted by molar-refractivity contribution is 5.79. The molecule has 3 nitrogen and oxygen atoms in total. The van der Waals surface area contributed by atoms with Gasteiger partial charge >= 0.3 is 5.97 Å². The van der Waals surface area contributed by atoms with Gasteiger partial charge in [0.2, 0.25) is 0 Å². The van der Waals surface area contributed by atoms with E-state index in [1.165, 1.54) is 0 Å². The summed E-state index contributed by atoms with van der Waals surface area (Å²) < 4.78 is 10.7. The molecule has 2 aliphatic rings. The molecule has 3 unspecified atom stereocenters. The molecule has 3 heteroatoms. The number of carbonyl (C=O) groups is 1. The highest BCUT2D eigenvalue weighted by Gasteiger charge is 2.66. The lowest BCUT2D eigenvalue weighted by molar-refractivity contribution is -0.144. The third kappa shape index (κ3) is 1.86. The van der Waals surface area contributed by atoms with E-state index in [4.69, 9.17) is 9.47 Å². The monoisotopic (exact) mass is 226 g/mol. The molecule has 92 valence electrons. The molecule has 1 saturated carbocycles. The normalized spacial score (nSPS) is 40.8. The fraction of sp³-hybridized carbons (Fsp3) is 0.923. The standard InChI is InChI=1S/C13H22O3/c1-5-15-11(14)10-13(16-10)7-6-12(3,4)8-9(13)2/h9-10H,5-8H2,1-4H3. The van der Waals surface area contributed by atoms with Crippen LogP contribution in [0.4, 0.5) is 0 Å². The summed E-state index contributed by atoms with van der Waals surface area (Å²) in [6.07, 6.45) is 2.96. The molecule has 0 bridgehead atoms. The van der Waals surface area contributed by atoms with Gasteiger partial charge in [0.25, 0.3) is 0 Å². The Balaban J connectivity index is 2.00. The molecule has 3 atom stereocenters. The molecule has 1 aliphatic heterocycles. The van der Waals surface area contributed by atoms with E-state index in [0.717, 1.165) is 19.3 Å². The van der Waals surface area contributed by atoms with Crippen LogP contribution in [0.15, 0.2) is 0 Å². The van der Waals surface area contributed by atoms with Gasteiger partial charge < -0.3 is 9.47 Å². The largest absolute Gasteiger partial charge is 0.464 e. The molecule has 1 spiro atoms. The first-order chi connectivity index (χ1) is 7.41. The zero-order chi connectivity index (χ0) is 12.0. The average molecular weight is 226 g/mol. The first-order valence-corrected chi connectivity index (χ1v) is 6.26. The lowest BCUT2D eigenvalue weighted by atomic mass is 9.66. The van der Waals surface area contributed by atoms with Crippen molar-refractivity contribution in [3.8, 4) is 0 Å². The summed E-state index contributed by atoms with van der Waals surface area (Å²) in [5.74, 6) is 0.278. The molecule has 0 aromatic heterocycles. The van der Waals surface area contributed by atoms with Crippen LogP contribution in [0, 0.1) is 11.3 Å². The molecular formula is C13H22O3. The predicted molar refractivity (Wildman–Crippen MR) is 61.0 cm³/mol. The van der Waals surface area contributed by atoms with Gasteiger partial charge in [-0.05, 0) is 37.5 Å². The zero-order valence-corrected chi connectivity index (χ0v) is 10.7. The van der Waals surface area contributed by atoms with Gasteiger partial charge in [-0.2, -0.15) is 0 Å². The van der Waals surface area contributed by atoms with Crippen LogP contribution in [0.5, 0.6) is 0 Å². The molecule has 0 aromatic carbocycles. The Hall–Kier alpha value is -0.570. The third-order valence-electron chi connectivity index (χ3n) is 4.11. The molecule has 16 heavy (non-hydrogen) atoms. The van der Waals surface area contributed by atoms with Crippen molar-refractivity contribution in [1.29, 1.82) is 0 Å². The van der Waals surface area contributed by atoms with E-state index in [1.54, 1.807) is 0 Å². The van der Waals surface area contributed by atoms with Crippen molar-refractivity contribution < 1.29 is 14.3 Å². The number of esters is 1. The highest BCUT2D eigenvalue weighted by atomic mass is 16.7. The Labute approximate surface area is 97.5 Å². The van der Waals surface area contributed by atoms with E-state index < -0.39 is 0 Å². The van der Waals surface area contributed by atoms with Crippen molar-refractivity contribution in [2.75, 3.05) is 6.61 Å². The first kappa shape index (κ1) is 11.9. The Bertz CT molecular complexity index is 298.